The van der Waals surface area contributed by atoms with E-state index in [2.05, 4.69) is 22.1 Å². The first-order valence-corrected chi connectivity index (χ1v) is 13.7. The van der Waals surface area contributed by atoms with Gasteiger partial charge in [0.1, 0.15) is 18.2 Å². The van der Waals surface area contributed by atoms with Gasteiger partial charge >= 0.3 is 12.1 Å². The highest BCUT2D eigenvalue weighted by Gasteiger charge is 2.34. The molecule has 3 aromatic carbocycles. The molecule has 4 amide bonds. The van der Waals surface area contributed by atoms with E-state index in [0.29, 0.717) is 40.4 Å². The molecule has 12 heteroatoms. The molecule has 1 aliphatic rings. The zero-order valence-corrected chi connectivity index (χ0v) is 24.0. The van der Waals surface area contributed by atoms with E-state index in [1.54, 1.807) is 31.5 Å². The number of urea groups is 2. The van der Waals surface area contributed by atoms with Crippen molar-refractivity contribution < 1.29 is 32.6 Å². The smallest absolute Gasteiger partial charge is 0.332 e. The Morgan fingerprint density at radius 2 is 1.79 bits per heavy atom. The van der Waals surface area contributed by atoms with Crippen molar-refractivity contribution in [2.24, 2.45) is 0 Å². The average molecular weight is 592 g/mol. The number of methoxy groups -OCH3 is 1. The fraction of sp³-hybridized carbons (Fsp3) is 0.258. The molecule has 0 bridgehead atoms. The number of halogens is 2. The molecule has 0 radical (unpaired) electrons. The van der Waals surface area contributed by atoms with E-state index in [1.165, 1.54) is 41.3 Å². The third-order valence-corrected chi connectivity index (χ3v) is 7.05. The Labute approximate surface area is 247 Å². The van der Waals surface area contributed by atoms with Gasteiger partial charge in [-0.15, -0.1) is 0 Å². The summed E-state index contributed by atoms with van der Waals surface area (Å²) in [7, 11) is 3.54. The quantitative estimate of drug-likeness (QED) is 0.237. The molecule has 1 saturated heterocycles. The highest BCUT2D eigenvalue weighted by atomic mass is 19.1. The Kier molecular flexibility index (Phi) is 8.86. The standard InChI is InChI=1S/C31H31F2N5O5/c1-4-36(2)15-16-42-29-18-23-25(19-28(29)41-3)34-12-11-26(23)43-27-10-7-21(17-24(27)33)35-30(39)38-14-13-37(31(38)40)22-8-5-20(32)6-9-22/h5-12,17-19H,4,13-16H2,1-3H3,(H,35,39). The molecule has 0 aliphatic carbocycles. The van der Waals surface area contributed by atoms with Crippen molar-refractivity contribution in [3.05, 3.63) is 78.5 Å². The highest BCUT2D eigenvalue weighted by Crippen LogP contribution is 2.38. The Hall–Kier alpha value is -4.97. The molecular weight excluding hydrogens is 560 g/mol. The van der Waals surface area contributed by atoms with Crippen LogP contribution in [-0.2, 0) is 0 Å². The molecule has 2 heterocycles. The van der Waals surface area contributed by atoms with Crippen LogP contribution < -0.4 is 24.4 Å². The lowest BCUT2D eigenvalue weighted by atomic mass is 10.1. The monoisotopic (exact) mass is 591 g/mol. The number of fused-ring (bicyclic) bond motifs is 1. The van der Waals surface area contributed by atoms with Crippen LogP contribution in [0, 0.1) is 11.6 Å². The lowest BCUT2D eigenvalue weighted by Crippen LogP contribution is -2.39. The molecule has 0 unspecified atom stereocenters. The molecule has 0 spiro atoms. The number of imide groups is 1. The molecule has 1 N–H and O–H groups in total. The van der Waals surface area contributed by atoms with Crippen molar-refractivity contribution in [1.82, 2.24) is 14.8 Å². The number of nitrogens with one attached hydrogen (secondary N) is 1. The number of likely N-dealkylation sites (N-methyl/N-ethyl adjacent to an activating group) is 1. The third-order valence-electron chi connectivity index (χ3n) is 7.05. The van der Waals surface area contributed by atoms with Gasteiger partial charge in [-0.25, -0.2) is 23.3 Å². The van der Waals surface area contributed by atoms with E-state index in [0.717, 1.165) is 24.1 Å². The maximum atomic E-state index is 15.2. The second-order valence-electron chi connectivity index (χ2n) is 9.81. The number of carbonyl (C=O) groups excluding carboxylic acids is 2. The molecule has 43 heavy (non-hydrogen) atoms. The van der Waals surface area contributed by atoms with Crippen LogP contribution in [0.5, 0.6) is 23.0 Å². The molecule has 1 aromatic heterocycles. The number of carbonyl (C=O) groups is 2. The number of pyridine rings is 1. The summed E-state index contributed by atoms with van der Waals surface area (Å²) in [6.07, 6.45) is 1.54. The van der Waals surface area contributed by atoms with Gasteiger partial charge < -0.3 is 24.4 Å². The maximum Gasteiger partial charge on any atom is 0.332 e. The van der Waals surface area contributed by atoms with Crippen molar-refractivity contribution in [3.63, 3.8) is 0 Å². The van der Waals surface area contributed by atoms with Gasteiger partial charge in [-0.1, -0.05) is 6.92 Å². The van der Waals surface area contributed by atoms with Gasteiger partial charge in [0.15, 0.2) is 23.1 Å². The highest BCUT2D eigenvalue weighted by molar-refractivity contribution is 6.08. The molecule has 5 rings (SSSR count). The van der Waals surface area contributed by atoms with Crippen molar-refractivity contribution in [2.75, 3.05) is 57.2 Å². The molecule has 10 nitrogen and oxygen atoms in total. The summed E-state index contributed by atoms with van der Waals surface area (Å²) in [5, 5.41) is 3.14. The van der Waals surface area contributed by atoms with Crippen LogP contribution in [0.2, 0.25) is 0 Å². The van der Waals surface area contributed by atoms with Crippen LogP contribution in [0.25, 0.3) is 10.9 Å². The summed E-state index contributed by atoms with van der Waals surface area (Å²) in [6.45, 7) is 4.48. The topological polar surface area (TPSA) is 96.5 Å². The van der Waals surface area contributed by atoms with Crippen LogP contribution in [0.4, 0.5) is 29.7 Å². The minimum absolute atomic E-state index is 0.0758. The van der Waals surface area contributed by atoms with E-state index in [-0.39, 0.29) is 24.5 Å². The SMILES string of the molecule is CCN(C)CCOc1cc2c(Oc3ccc(NC(=O)N4CCN(c5ccc(F)cc5)C4=O)cc3F)ccnc2cc1OC. The number of hydrogen-bond donors (Lipinski definition) is 1. The zero-order chi connectivity index (χ0) is 30.5. The van der Waals surface area contributed by atoms with E-state index in [1.807, 2.05) is 7.05 Å². The predicted octanol–water partition coefficient (Wildman–Crippen LogP) is 6.12. The molecule has 4 aromatic rings. The lowest BCUT2D eigenvalue weighted by Gasteiger charge is -2.18. The maximum absolute atomic E-state index is 15.2. The second-order valence-corrected chi connectivity index (χ2v) is 9.81. The summed E-state index contributed by atoms with van der Waals surface area (Å²) in [5.74, 6) is 0.137. The molecule has 0 atom stereocenters. The van der Waals surface area contributed by atoms with Crippen molar-refractivity contribution in [1.29, 1.82) is 0 Å². The number of benzene rings is 3. The fourth-order valence-electron chi connectivity index (χ4n) is 4.52. The normalized spacial score (nSPS) is 13.1. The lowest BCUT2D eigenvalue weighted by molar-refractivity contribution is 0.209. The first-order valence-electron chi connectivity index (χ1n) is 13.7. The summed E-state index contributed by atoms with van der Waals surface area (Å²) in [4.78, 5) is 34.5. The summed E-state index contributed by atoms with van der Waals surface area (Å²) in [6, 6.07) is 13.2. The van der Waals surface area contributed by atoms with Crippen LogP contribution in [0.15, 0.2) is 66.9 Å². The zero-order valence-electron chi connectivity index (χ0n) is 24.0. The Bertz CT molecular complexity index is 1640. The van der Waals surface area contributed by atoms with Gasteiger partial charge in [0.25, 0.3) is 0 Å². The van der Waals surface area contributed by atoms with Crippen molar-refractivity contribution in [2.45, 2.75) is 6.92 Å². The Morgan fingerprint density at radius 1 is 1.00 bits per heavy atom. The third kappa shape index (κ3) is 6.59. The second kappa shape index (κ2) is 12.9. The minimum Gasteiger partial charge on any atom is -0.493 e. The number of ether oxygens (including phenoxy) is 3. The van der Waals surface area contributed by atoms with Crippen LogP contribution >= 0.6 is 0 Å². The minimum atomic E-state index is -0.726. The number of nitrogens with zero attached hydrogens (tertiary/aromatic N) is 4. The molecule has 0 saturated carbocycles. The summed E-state index contributed by atoms with van der Waals surface area (Å²) in [5.41, 5.74) is 1.18. The van der Waals surface area contributed by atoms with Gasteiger partial charge in [0, 0.05) is 48.2 Å². The van der Waals surface area contributed by atoms with E-state index in [4.69, 9.17) is 14.2 Å². The molecule has 1 aliphatic heterocycles. The Morgan fingerprint density at radius 3 is 2.51 bits per heavy atom. The van der Waals surface area contributed by atoms with Gasteiger partial charge in [-0.05, 0) is 62.1 Å². The van der Waals surface area contributed by atoms with Gasteiger partial charge in [-0.3, -0.25) is 9.88 Å². The number of aromatic nitrogens is 1. The first-order chi connectivity index (χ1) is 20.8. The fourth-order valence-corrected chi connectivity index (χ4v) is 4.52. The Balaban J connectivity index is 1.29. The van der Waals surface area contributed by atoms with E-state index < -0.39 is 23.7 Å². The van der Waals surface area contributed by atoms with Gasteiger partial charge in [0.05, 0.1) is 19.2 Å². The van der Waals surface area contributed by atoms with Crippen LogP contribution in [-0.4, -0.2) is 73.8 Å². The number of rotatable bonds is 10. The predicted molar refractivity (Wildman–Crippen MR) is 158 cm³/mol. The van der Waals surface area contributed by atoms with Crippen LogP contribution in [0.3, 0.4) is 0 Å². The largest absolute Gasteiger partial charge is 0.493 e. The first kappa shape index (κ1) is 29.5. The summed E-state index contributed by atoms with van der Waals surface area (Å²) >= 11 is 0. The van der Waals surface area contributed by atoms with E-state index >= 15 is 4.39 Å². The van der Waals surface area contributed by atoms with Crippen molar-refractivity contribution >= 4 is 34.3 Å². The molecule has 1 fully saturated rings. The van der Waals surface area contributed by atoms with Gasteiger partial charge in [-0.2, -0.15) is 0 Å². The number of amides is 4. The average Bonchev–Trinajstić information content (AvgIpc) is 3.39. The number of hydrogen-bond acceptors (Lipinski definition) is 7. The summed E-state index contributed by atoms with van der Waals surface area (Å²) < 4.78 is 45.8. The number of anilines is 2. The van der Waals surface area contributed by atoms with Gasteiger partial charge in [0.2, 0.25) is 0 Å². The van der Waals surface area contributed by atoms with Crippen LogP contribution in [0.1, 0.15) is 6.92 Å². The van der Waals surface area contributed by atoms with E-state index in [9.17, 15) is 14.0 Å². The molecule has 224 valence electrons. The molecular formula is C31H31F2N5O5. The van der Waals surface area contributed by atoms with Crippen molar-refractivity contribution in [3.8, 4) is 23.0 Å².